The molecule has 2 aromatic rings. The molecular weight excluding hydrogens is 342 g/mol. The zero-order valence-corrected chi connectivity index (χ0v) is 17.6. The Bertz CT molecular complexity index is 802. The third-order valence-corrected chi connectivity index (χ3v) is 6.92. The third-order valence-electron chi connectivity index (χ3n) is 6.92. The van der Waals surface area contributed by atoms with Crippen molar-refractivity contribution in [3.63, 3.8) is 0 Å². The zero-order chi connectivity index (χ0) is 19.7. The lowest BCUT2D eigenvalue weighted by Gasteiger charge is -2.39. The van der Waals surface area contributed by atoms with Gasteiger partial charge in [0.2, 0.25) is 0 Å². The molecule has 0 amide bonds. The van der Waals surface area contributed by atoms with Crippen molar-refractivity contribution in [2.24, 2.45) is 5.92 Å². The number of carbonyl (C=O) groups excluding carboxylic acids is 1. The fraction of sp³-hybridized carbons (Fsp3) is 0.500. The number of hydrogen-bond donors (Lipinski definition) is 0. The molecule has 2 saturated heterocycles. The minimum Gasteiger partial charge on any atom is -0.294 e. The fourth-order valence-corrected chi connectivity index (χ4v) is 5.56. The Morgan fingerprint density at radius 1 is 0.964 bits per heavy atom. The van der Waals surface area contributed by atoms with Gasteiger partial charge in [-0.25, -0.2) is 0 Å². The number of aryl methyl sites for hydroxylation is 3. The number of nitrogens with zero attached hydrogens (tertiary/aromatic N) is 1. The van der Waals surface area contributed by atoms with E-state index in [1.54, 1.807) is 0 Å². The second kappa shape index (κ2) is 8.21. The number of fused-ring (bicyclic) bond motifs is 2. The molecule has 2 aromatic carbocycles. The van der Waals surface area contributed by atoms with Crippen LogP contribution in [0.15, 0.2) is 42.5 Å². The standard InChI is InChI=1S/C26H33NO/c1-4-20-13-18(3)14-21(5-2)25(20)26(28)22-15-23-11-12-24(16-22)27(23)17-19-9-7-6-8-10-19/h6-10,13-14,22-24H,4-5,11-12,15-17H2,1-3H3. The highest BCUT2D eigenvalue weighted by Gasteiger charge is 2.43. The summed E-state index contributed by atoms with van der Waals surface area (Å²) in [5, 5.41) is 0. The number of rotatable bonds is 6. The van der Waals surface area contributed by atoms with Crippen molar-refractivity contribution in [1.29, 1.82) is 0 Å². The first-order chi connectivity index (χ1) is 13.6. The predicted molar refractivity (Wildman–Crippen MR) is 116 cm³/mol. The molecule has 2 heteroatoms. The summed E-state index contributed by atoms with van der Waals surface area (Å²) in [6.07, 6.45) is 6.43. The highest BCUT2D eigenvalue weighted by Crippen LogP contribution is 2.41. The molecule has 0 saturated carbocycles. The fourth-order valence-electron chi connectivity index (χ4n) is 5.56. The molecule has 2 heterocycles. The summed E-state index contributed by atoms with van der Waals surface area (Å²) in [6, 6.07) is 16.4. The average molecular weight is 376 g/mol. The summed E-state index contributed by atoms with van der Waals surface area (Å²) in [7, 11) is 0. The van der Waals surface area contributed by atoms with E-state index in [4.69, 9.17) is 0 Å². The van der Waals surface area contributed by atoms with Crippen molar-refractivity contribution in [3.8, 4) is 0 Å². The van der Waals surface area contributed by atoms with Gasteiger partial charge in [-0.3, -0.25) is 9.69 Å². The van der Waals surface area contributed by atoms with E-state index in [2.05, 4.69) is 68.1 Å². The van der Waals surface area contributed by atoms with Gasteiger partial charge in [0.1, 0.15) is 0 Å². The maximum atomic E-state index is 13.6. The van der Waals surface area contributed by atoms with Crippen LogP contribution in [-0.2, 0) is 19.4 Å². The number of Topliss-reactive ketones (excluding diaryl/α,β-unsaturated/α-hetero) is 1. The predicted octanol–water partition coefficient (Wildman–Crippen LogP) is 5.75. The Morgan fingerprint density at radius 2 is 1.54 bits per heavy atom. The van der Waals surface area contributed by atoms with Gasteiger partial charge in [0.25, 0.3) is 0 Å². The van der Waals surface area contributed by atoms with Gasteiger partial charge >= 0.3 is 0 Å². The summed E-state index contributed by atoms with van der Waals surface area (Å²) in [5.41, 5.74) is 6.23. The van der Waals surface area contributed by atoms with Crippen molar-refractivity contribution < 1.29 is 4.79 Å². The second-order valence-corrected chi connectivity index (χ2v) is 8.74. The first-order valence-corrected chi connectivity index (χ1v) is 11.1. The van der Waals surface area contributed by atoms with Crippen molar-refractivity contribution in [2.45, 2.75) is 77.9 Å². The minimum atomic E-state index is 0.197. The Hall–Kier alpha value is -1.93. The third kappa shape index (κ3) is 3.67. The molecule has 2 nitrogen and oxygen atoms in total. The van der Waals surface area contributed by atoms with E-state index in [0.29, 0.717) is 17.9 Å². The van der Waals surface area contributed by atoms with Crippen LogP contribution < -0.4 is 0 Å². The van der Waals surface area contributed by atoms with E-state index in [1.807, 2.05) is 0 Å². The van der Waals surface area contributed by atoms with Crippen LogP contribution in [0.1, 0.15) is 72.1 Å². The maximum absolute atomic E-state index is 13.6. The highest BCUT2D eigenvalue weighted by atomic mass is 16.1. The van der Waals surface area contributed by atoms with E-state index in [-0.39, 0.29) is 5.92 Å². The molecule has 2 unspecified atom stereocenters. The lowest BCUT2D eigenvalue weighted by molar-refractivity contribution is 0.0676. The van der Waals surface area contributed by atoms with Crippen molar-refractivity contribution >= 4 is 5.78 Å². The lowest BCUT2D eigenvalue weighted by Crippen LogP contribution is -2.44. The van der Waals surface area contributed by atoms with Gasteiger partial charge in [-0.1, -0.05) is 61.9 Å². The Labute approximate surface area is 170 Å². The molecule has 0 aliphatic carbocycles. The van der Waals surface area contributed by atoms with Crippen LogP contribution in [0.3, 0.4) is 0 Å². The number of hydrogen-bond acceptors (Lipinski definition) is 2. The Morgan fingerprint density at radius 3 is 2.07 bits per heavy atom. The summed E-state index contributed by atoms with van der Waals surface area (Å²) in [6.45, 7) is 7.53. The van der Waals surface area contributed by atoms with Crippen LogP contribution in [-0.4, -0.2) is 22.8 Å². The largest absolute Gasteiger partial charge is 0.294 e. The van der Waals surface area contributed by atoms with E-state index >= 15 is 0 Å². The van der Waals surface area contributed by atoms with Crippen LogP contribution in [0, 0.1) is 12.8 Å². The minimum absolute atomic E-state index is 0.197. The summed E-state index contributed by atoms with van der Waals surface area (Å²) < 4.78 is 0. The molecular formula is C26H33NO. The summed E-state index contributed by atoms with van der Waals surface area (Å²) in [4.78, 5) is 16.3. The van der Waals surface area contributed by atoms with Gasteiger partial charge in [0, 0.05) is 30.1 Å². The molecule has 0 N–H and O–H groups in total. The first-order valence-electron chi connectivity index (χ1n) is 11.1. The van der Waals surface area contributed by atoms with Gasteiger partial charge in [0.05, 0.1) is 0 Å². The van der Waals surface area contributed by atoms with Crippen LogP contribution >= 0.6 is 0 Å². The van der Waals surface area contributed by atoms with Crippen LogP contribution in [0.5, 0.6) is 0 Å². The van der Waals surface area contributed by atoms with E-state index in [9.17, 15) is 4.79 Å². The molecule has 2 atom stereocenters. The topological polar surface area (TPSA) is 20.3 Å². The van der Waals surface area contributed by atoms with Crippen molar-refractivity contribution in [3.05, 3.63) is 70.3 Å². The molecule has 2 aliphatic heterocycles. The average Bonchev–Trinajstić information content (AvgIpc) is 2.94. The molecule has 0 aromatic heterocycles. The van der Waals surface area contributed by atoms with Crippen molar-refractivity contribution in [2.75, 3.05) is 0 Å². The van der Waals surface area contributed by atoms with Crippen LogP contribution in [0.25, 0.3) is 0 Å². The first kappa shape index (κ1) is 19.4. The molecule has 0 spiro atoms. The van der Waals surface area contributed by atoms with E-state index < -0.39 is 0 Å². The Kier molecular flexibility index (Phi) is 5.68. The highest BCUT2D eigenvalue weighted by molar-refractivity contribution is 6.00. The molecule has 2 fully saturated rings. The quantitative estimate of drug-likeness (QED) is 0.600. The molecule has 2 aliphatic rings. The number of benzene rings is 2. The van der Waals surface area contributed by atoms with Gasteiger partial charge < -0.3 is 0 Å². The number of ketones is 1. The smallest absolute Gasteiger partial charge is 0.166 e. The maximum Gasteiger partial charge on any atom is 0.166 e. The molecule has 4 rings (SSSR count). The monoisotopic (exact) mass is 375 g/mol. The van der Waals surface area contributed by atoms with Gasteiger partial charge in [-0.15, -0.1) is 0 Å². The molecule has 28 heavy (non-hydrogen) atoms. The molecule has 148 valence electrons. The van der Waals surface area contributed by atoms with E-state index in [1.165, 1.54) is 35.1 Å². The van der Waals surface area contributed by atoms with Gasteiger partial charge in [-0.2, -0.15) is 0 Å². The number of piperidine rings is 1. The van der Waals surface area contributed by atoms with Gasteiger partial charge in [0.15, 0.2) is 5.78 Å². The Balaban J connectivity index is 1.54. The van der Waals surface area contributed by atoms with E-state index in [0.717, 1.165) is 37.8 Å². The summed E-state index contributed by atoms with van der Waals surface area (Å²) in [5.74, 6) is 0.618. The second-order valence-electron chi connectivity index (χ2n) is 8.74. The molecule has 2 bridgehead atoms. The molecule has 0 radical (unpaired) electrons. The summed E-state index contributed by atoms with van der Waals surface area (Å²) >= 11 is 0. The van der Waals surface area contributed by atoms with Crippen LogP contribution in [0.2, 0.25) is 0 Å². The SMILES string of the molecule is CCc1cc(C)cc(CC)c1C(=O)C1CC2CCC(C1)N2Cc1ccccc1. The normalized spacial score (nSPS) is 24.5. The van der Waals surface area contributed by atoms with Crippen LogP contribution in [0.4, 0.5) is 0 Å². The lowest BCUT2D eigenvalue weighted by atomic mass is 9.80. The number of carbonyl (C=O) groups is 1. The van der Waals surface area contributed by atoms with Crippen molar-refractivity contribution in [1.82, 2.24) is 4.90 Å². The zero-order valence-electron chi connectivity index (χ0n) is 17.6. The van der Waals surface area contributed by atoms with Gasteiger partial charge in [-0.05, 0) is 62.1 Å².